The Morgan fingerprint density at radius 1 is 0.941 bits per heavy atom. The van der Waals surface area contributed by atoms with E-state index in [9.17, 15) is 14.4 Å². The maximum Gasteiger partial charge on any atom is 0.407 e. The fourth-order valence-electron chi connectivity index (χ4n) is 4.00. The van der Waals surface area contributed by atoms with Crippen LogP contribution in [-0.4, -0.2) is 56.0 Å². The van der Waals surface area contributed by atoms with Gasteiger partial charge in [0.05, 0.1) is 19.6 Å². The topological polar surface area (TPSA) is 114 Å². The van der Waals surface area contributed by atoms with E-state index in [1.165, 1.54) is 22.3 Å². The van der Waals surface area contributed by atoms with Gasteiger partial charge in [-0.25, -0.2) is 4.79 Å². The highest BCUT2D eigenvalue weighted by molar-refractivity contribution is 5.79. The van der Waals surface area contributed by atoms with Gasteiger partial charge in [-0.1, -0.05) is 55.5 Å². The molecule has 2 aromatic carbocycles. The van der Waals surface area contributed by atoms with Gasteiger partial charge in [0.15, 0.2) is 0 Å². The number of fused-ring (bicyclic) bond motifs is 3. The molecule has 0 saturated heterocycles. The number of rotatable bonds is 13. The normalized spacial score (nSPS) is 13.0. The van der Waals surface area contributed by atoms with Crippen LogP contribution in [-0.2, 0) is 19.1 Å². The van der Waals surface area contributed by atoms with Crippen LogP contribution in [0.4, 0.5) is 4.79 Å². The van der Waals surface area contributed by atoms with E-state index in [-0.39, 0.29) is 44.0 Å². The zero-order chi connectivity index (χ0) is 24.3. The van der Waals surface area contributed by atoms with Gasteiger partial charge in [-0.05, 0) is 34.6 Å². The molecule has 34 heavy (non-hydrogen) atoms. The third kappa shape index (κ3) is 7.31. The van der Waals surface area contributed by atoms with Crippen LogP contribution in [0.25, 0.3) is 11.1 Å². The van der Waals surface area contributed by atoms with Crippen molar-refractivity contribution >= 4 is 18.0 Å². The van der Waals surface area contributed by atoms with Gasteiger partial charge in [-0.15, -0.1) is 0 Å². The third-order valence-electron chi connectivity index (χ3n) is 5.83. The SMILES string of the molecule is CC(CCC(=O)NCCOCCC(=O)O)CNC(=O)OCC1c2ccccc2-c2ccccc21. The Bertz CT molecular complexity index is 947. The van der Waals surface area contributed by atoms with Crippen LogP contribution in [0.2, 0.25) is 0 Å². The first-order chi connectivity index (χ1) is 16.5. The van der Waals surface area contributed by atoms with E-state index in [4.69, 9.17) is 14.6 Å². The maximum absolute atomic E-state index is 12.3. The molecule has 0 heterocycles. The summed E-state index contributed by atoms with van der Waals surface area (Å²) in [5.74, 6) is -0.884. The molecule has 2 amide bonds. The molecule has 2 aromatic rings. The molecule has 0 radical (unpaired) electrons. The van der Waals surface area contributed by atoms with Crippen molar-refractivity contribution in [1.82, 2.24) is 10.6 Å². The Morgan fingerprint density at radius 2 is 1.59 bits per heavy atom. The average molecular weight is 469 g/mol. The number of hydrogen-bond donors (Lipinski definition) is 3. The van der Waals surface area contributed by atoms with Gasteiger partial charge in [0, 0.05) is 25.4 Å². The first kappa shape index (κ1) is 25.2. The maximum atomic E-state index is 12.3. The third-order valence-corrected chi connectivity index (χ3v) is 5.83. The largest absolute Gasteiger partial charge is 0.481 e. The number of ether oxygens (including phenoxy) is 2. The molecule has 8 nitrogen and oxygen atoms in total. The molecule has 1 aliphatic carbocycles. The van der Waals surface area contributed by atoms with Gasteiger partial charge in [-0.2, -0.15) is 0 Å². The van der Waals surface area contributed by atoms with Crippen LogP contribution in [0.5, 0.6) is 0 Å². The number of nitrogens with one attached hydrogen (secondary N) is 2. The molecular formula is C26H32N2O6. The van der Waals surface area contributed by atoms with Crippen molar-refractivity contribution in [3.8, 4) is 11.1 Å². The van der Waals surface area contributed by atoms with Crippen molar-refractivity contribution in [2.24, 2.45) is 5.92 Å². The summed E-state index contributed by atoms with van der Waals surface area (Å²) in [7, 11) is 0. The quantitative estimate of drug-likeness (QED) is 0.388. The molecular weight excluding hydrogens is 436 g/mol. The second kappa shape index (κ2) is 12.7. The van der Waals surface area contributed by atoms with Gasteiger partial charge in [0.2, 0.25) is 5.91 Å². The Labute approximate surface area is 199 Å². The lowest BCUT2D eigenvalue weighted by atomic mass is 9.98. The smallest absolute Gasteiger partial charge is 0.407 e. The van der Waals surface area contributed by atoms with E-state index in [0.29, 0.717) is 25.9 Å². The number of carbonyl (C=O) groups is 3. The molecule has 182 valence electrons. The number of carboxylic acid groups (broad SMARTS) is 1. The summed E-state index contributed by atoms with van der Waals surface area (Å²) in [6.07, 6.45) is 0.442. The molecule has 3 N–H and O–H groups in total. The number of amides is 2. The minimum absolute atomic E-state index is 0.0207. The summed E-state index contributed by atoms with van der Waals surface area (Å²) < 4.78 is 10.7. The van der Waals surface area contributed by atoms with Crippen LogP contribution in [0.1, 0.15) is 43.2 Å². The minimum Gasteiger partial charge on any atom is -0.481 e. The molecule has 0 bridgehead atoms. The van der Waals surface area contributed by atoms with E-state index in [1.54, 1.807) is 0 Å². The molecule has 3 rings (SSSR count). The fourth-order valence-corrected chi connectivity index (χ4v) is 4.00. The fraction of sp³-hybridized carbons (Fsp3) is 0.423. The summed E-state index contributed by atoms with van der Waals surface area (Å²) in [6.45, 7) is 3.39. The van der Waals surface area contributed by atoms with Gasteiger partial charge in [-0.3, -0.25) is 9.59 Å². The van der Waals surface area contributed by atoms with Crippen molar-refractivity contribution in [2.45, 2.75) is 32.1 Å². The summed E-state index contributed by atoms with van der Waals surface area (Å²) in [5.41, 5.74) is 4.71. The molecule has 0 saturated carbocycles. The Morgan fingerprint density at radius 3 is 2.24 bits per heavy atom. The first-order valence-electron chi connectivity index (χ1n) is 11.6. The number of carboxylic acids is 1. The number of aliphatic carboxylic acids is 1. The van der Waals surface area contributed by atoms with Crippen LogP contribution < -0.4 is 10.6 Å². The molecule has 8 heteroatoms. The minimum atomic E-state index is -0.912. The highest BCUT2D eigenvalue weighted by Gasteiger charge is 2.29. The van der Waals surface area contributed by atoms with E-state index in [0.717, 1.165) is 0 Å². The molecule has 1 unspecified atom stereocenters. The zero-order valence-electron chi connectivity index (χ0n) is 19.4. The Hall–Kier alpha value is -3.39. The van der Waals surface area contributed by atoms with Gasteiger partial charge < -0.3 is 25.2 Å². The number of alkyl carbamates (subject to hydrolysis) is 1. The lowest BCUT2D eigenvalue weighted by Gasteiger charge is -2.16. The highest BCUT2D eigenvalue weighted by atomic mass is 16.5. The lowest BCUT2D eigenvalue weighted by molar-refractivity contribution is -0.138. The van der Waals surface area contributed by atoms with Gasteiger partial charge in [0.1, 0.15) is 6.61 Å². The second-order valence-electron chi connectivity index (χ2n) is 8.46. The highest BCUT2D eigenvalue weighted by Crippen LogP contribution is 2.44. The summed E-state index contributed by atoms with van der Waals surface area (Å²) in [6, 6.07) is 16.4. The lowest BCUT2D eigenvalue weighted by Crippen LogP contribution is -2.31. The number of carbonyl (C=O) groups excluding carboxylic acids is 2. The van der Waals surface area contributed by atoms with Crippen molar-refractivity contribution in [3.63, 3.8) is 0 Å². The Balaban J connectivity index is 1.32. The van der Waals surface area contributed by atoms with Crippen molar-refractivity contribution in [2.75, 3.05) is 32.9 Å². The molecule has 0 spiro atoms. The standard InChI is InChI=1S/C26H32N2O6/c1-18(10-11-24(29)27-13-15-33-14-12-25(30)31)16-28-26(32)34-17-23-21-8-4-2-6-19(21)20-7-3-5-9-22(20)23/h2-9,18,23H,10-17H2,1H3,(H,27,29)(H,28,32)(H,30,31). The summed E-state index contributed by atoms with van der Waals surface area (Å²) in [4.78, 5) is 34.6. The van der Waals surface area contributed by atoms with Crippen LogP contribution in [0.15, 0.2) is 48.5 Å². The number of hydrogen-bond acceptors (Lipinski definition) is 5. The monoisotopic (exact) mass is 468 g/mol. The average Bonchev–Trinajstić information content (AvgIpc) is 3.15. The van der Waals surface area contributed by atoms with Crippen molar-refractivity contribution in [1.29, 1.82) is 0 Å². The molecule has 0 fully saturated rings. The van der Waals surface area contributed by atoms with Crippen LogP contribution >= 0.6 is 0 Å². The van der Waals surface area contributed by atoms with E-state index in [2.05, 4.69) is 34.9 Å². The number of benzene rings is 2. The Kier molecular flexibility index (Phi) is 9.46. The predicted molar refractivity (Wildman–Crippen MR) is 128 cm³/mol. The second-order valence-corrected chi connectivity index (χ2v) is 8.46. The van der Waals surface area contributed by atoms with Gasteiger partial charge in [0.25, 0.3) is 0 Å². The molecule has 1 aliphatic rings. The summed E-state index contributed by atoms with van der Waals surface area (Å²) >= 11 is 0. The zero-order valence-corrected chi connectivity index (χ0v) is 19.4. The van der Waals surface area contributed by atoms with Crippen LogP contribution in [0, 0.1) is 5.92 Å². The summed E-state index contributed by atoms with van der Waals surface area (Å²) in [5, 5.41) is 14.1. The van der Waals surface area contributed by atoms with Crippen LogP contribution in [0.3, 0.4) is 0 Å². The molecule has 0 aromatic heterocycles. The van der Waals surface area contributed by atoms with E-state index in [1.807, 2.05) is 31.2 Å². The van der Waals surface area contributed by atoms with Crippen molar-refractivity contribution < 1.29 is 29.0 Å². The van der Waals surface area contributed by atoms with E-state index < -0.39 is 12.1 Å². The molecule has 1 atom stereocenters. The first-order valence-corrected chi connectivity index (χ1v) is 11.6. The van der Waals surface area contributed by atoms with Gasteiger partial charge >= 0.3 is 12.1 Å². The van der Waals surface area contributed by atoms with Crippen molar-refractivity contribution in [3.05, 3.63) is 59.7 Å². The molecule has 0 aliphatic heterocycles. The van der Waals surface area contributed by atoms with E-state index >= 15 is 0 Å². The predicted octanol–water partition coefficient (Wildman–Crippen LogP) is 3.55.